The number of hydrogen-bond donors (Lipinski definition) is 1. The molecule has 0 amide bonds. The molecule has 3 rings (SSSR count). The van der Waals surface area contributed by atoms with Gasteiger partial charge in [-0.25, -0.2) is 9.78 Å². The van der Waals surface area contributed by atoms with Crippen LogP contribution in [-0.4, -0.2) is 26.0 Å². The second kappa shape index (κ2) is 5.91. The Labute approximate surface area is 131 Å². The van der Waals surface area contributed by atoms with Crippen molar-refractivity contribution >= 4 is 17.6 Å². The van der Waals surface area contributed by atoms with E-state index in [0.29, 0.717) is 11.3 Å². The average molecular weight is 312 g/mol. The van der Waals surface area contributed by atoms with Crippen LogP contribution in [0.3, 0.4) is 0 Å². The van der Waals surface area contributed by atoms with E-state index in [1.807, 2.05) is 18.2 Å². The maximum atomic E-state index is 11.3. The van der Waals surface area contributed by atoms with E-state index < -0.39 is 5.97 Å². The van der Waals surface area contributed by atoms with Crippen molar-refractivity contribution in [1.82, 2.24) is 15.0 Å². The summed E-state index contributed by atoms with van der Waals surface area (Å²) in [5.41, 5.74) is 2.75. The van der Waals surface area contributed by atoms with E-state index in [-0.39, 0.29) is 10.8 Å². The smallest absolute Gasteiger partial charge is 0.355 e. The molecule has 108 valence electrons. The SMILES string of the molecule is O=C(O)c1nc(Cl)ccc1-c1ccc(-c2ccncc2)cn1. The molecule has 0 aromatic carbocycles. The number of hydrogen-bond acceptors (Lipinski definition) is 4. The highest BCUT2D eigenvalue weighted by Gasteiger charge is 2.15. The Morgan fingerprint density at radius 2 is 1.77 bits per heavy atom. The maximum Gasteiger partial charge on any atom is 0.355 e. The van der Waals surface area contributed by atoms with Gasteiger partial charge >= 0.3 is 5.97 Å². The summed E-state index contributed by atoms with van der Waals surface area (Å²) in [6, 6.07) is 10.5. The Balaban J connectivity index is 2.02. The van der Waals surface area contributed by atoms with Crippen molar-refractivity contribution in [3.63, 3.8) is 0 Å². The van der Waals surface area contributed by atoms with E-state index in [2.05, 4.69) is 15.0 Å². The van der Waals surface area contributed by atoms with Crippen molar-refractivity contribution < 1.29 is 9.90 Å². The minimum Gasteiger partial charge on any atom is -0.476 e. The minimum atomic E-state index is -1.14. The van der Waals surface area contributed by atoms with Gasteiger partial charge in [-0.2, -0.15) is 0 Å². The molecule has 0 saturated carbocycles. The van der Waals surface area contributed by atoms with Crippen LogP contribution in [0.25, 0.3) is 22.4 Å². The Bertz CT molecular complexity index is 821. The van der Waals surface area contributed by atoms with Gasteiger partial charge in [-0.15, -0.1) is 0 Å². The number of carbonyl (C=O) groups is 1. The molecule has 0 spiro atoms. The molecule has 0 aliphatic carbocycles. The van der Waals surface area contributed by atoms with Crippen LogP contribution in [-0.2, 0) is 0 Å². The molecule has 6 heteroatoms. The number of carboxylic acids is 1. The highest BCUT2D eigenvalue weighted by molar-refractivity contribution is 6.29. The van der Waals surface area contributed by atoms with Crippen LogP contribution in [0.1, 0.15) is 10.5 Å². The first-order valence-corrected chi connectivity index (χ1v) is 6.79. The standard InChI is InChI=1S/C16H10ClN3O2/c17-14-4-2-12(15(20-14)16(21)22)13-3-1-11(9-19-13)10-5-7-18-8-6-10/h1-9H,(H,21,22). The first-order valence-electron chi connectivity index (χ1n) is 6.42. The van der Waals surface area contributed by atoms with Gasteiger partial charge < -0.3 is 5.11 Å². The summed E-state index contributed by atoms with van der Waals surface area (Å²) in [4.78, 5) is 23.4. The summed E-state index contributed by atoms with van der Waals surface area (Å²) < 4.78 is 0. The molecule has 0 bridgehead atoms. The molecule has 0 atom stereocenters. The second-order valence-corrected chi connectivity index (χ2v) is 4.89. The van der Waals surface area contributed by atoms with Crippen LogP contribution in [0.4, 0.5) is 0 Å². The van der Waals surface area contributed by atoms with Crippen LogP contribution < -0.4 is 0 Å². The van der Waals surface area contributed by atoms with Gasteiger partial charge in [0.2, 0.25) is 0 Å². The van der Waals surface area contributed by atoms with Crippen molar-refractivity contribution in [1.29, 1.82) is 0 Å². The van der Waals surface area contributed by atoms with E-state index in [1.54, 1.807) is 36.8 Å². The van der Waals surface area contributed by atoms with Crippen molar-refractivity contribution in [2.24, 2.45) is 0 Å². The number of aromatic carboxylic acids is 1. The van der Waals surface area contributed by atoms with Crippen molar-refractivity contribution in [2.75, 3.05) is 0 Å². The van der Waals surface area contributed by atoms with Crippen LogP contribution in [0.2, 0.25) is 5.15 Å². The lowest BCUT2D eigenvalue weighted by Crippen LogP contribution is -2.04. The summed E-state index contributed by atoms with van der Waals surface area (Å²) in [6.07, 6.45) is 5.09. The van der Waals surface area contributed by atoms with Gasteiger partial charge in [0.25, 0.3) is 0 Å². The molecule has 3 aromatic rings. The highest BCUT2D eigenvalue weighted by atomic mass is 35.5. The van der Waals surface area contributed by atoms with Crippen LogP contribution >= 0.6 is 11.6 Å². The number of halogens is 1. The molecular formula is C16H10ClN3O2. The molecule has 1 N–H and O–H groups in total. The number of carboxylic acid groups (broad SMARTS) is 1. The summed E-state index contributed by atoms with van der Waals surface area (Å²) in [5.74, 6) is -1.14. The molecule has 0 radical (unpaired) electrons. The second-order valence-electron chi connectivity index (χ2n) is 4.50. The largest absolute Gasteiger partial charge is 0.476 e. The molecule has 0 unspecified atom stereocenters. The Hall–Kier alpha value is -2.79. The van der Waals surface area contributed by atoms with Gasteiger partial charge in [0.15, 0.2) is 5.69 Å². The molecule has 0 aliphatic heterocycles. The third-order valence-electron chi connectivity index (χ3n) is 3.12. The van der Waals surface area contributed by atoms with Gasteiger partial charge in [-0.3, -0.25) is 9.97 Å². The van der Waals surface area contributed by atoms with Crippen molar-refractivity contribution in [3.8, 4) is 22.4 Å². The third-order valence-corrected chi connectivity index (χ3v) is 3.33. The van der Waals surface area contributed by atoms with Crippen LogP contribution in [0, 0.1) is 0 Å². The lowest BCUT2D eigenvalue weighted by molar-refractivity contribution is 0.0691. The lowest BCUT2D eigenvalue weighted by Gasteiger charge is -2.06. The van der Waals surface area contributed by atoms with Gasteiger partial charge in [0, 0.05) is 29.7 Å². The van der Waals surface area contributed by atoms with Gasteiger partial charge in [-0.05, 0) is 35.9 Å². The molecule has 3 heterocycles. The quantitative estimate of drug-likeness (QED) is 0.748. The van der Waals surface area contributed by atoms with Crippen molar-refractivity contribution in [2.45, 2.75) is 0 Å². The normalized spacial score (nSPS) is 10.4. The minimum absolute atomic E-state index is 0.114. The number of nitrogens with zero attached hydrogens (tertiary/aromatic N) is 3. The third kappa shape index (κ3) is 2.80. The number of rotatable bonds is 3. The number of pyridine rings is 3. The van der Waals surface area contributed by atoms with Crippen LogP contribution in [0.15, 0.2) is 55.0 Å². The molecule has 22 heavy (non-hydrogen) atoms. The lowest BCUT2D eigenvalue weighted by atomic mass is 10.1. The van der Waals surface area contributed by atoms with E-state index in [0.717, 1.165) is 11.1 Å². The summed E-state index contributed by atoms with van der Waals surface area (Å²) in [7, 11) is 0. The first kappa shape index (κ1) is 14.2. The predicted molar refractivity (Wildman–Crippen MR) is 82.7 cm³/mol. The van der Waals surface area contributed by atoms with Gasteiger partial charge in [-0.1, -0.05) is 17.7 Å². The maximum absolute atomic E-state index is 11.3. The van der Waals surface area contributed by atoms with E-state index in [9.17, 15) is 9.90 Å². The molecule has 0 aliphatic rings. The molecule has 3 aromatic heterocycles. The highest BCUT2D eigenvalue weighted by Crippen LogP contribution is 2.25. The summed E-state index contributed by atoms with van der Waals surface area (Å²) >= 11 is 5.75. The van der Waals surface area contributed by atoms with Crippen LogP contribution in [0.5, 0.6) is 0 Å². The van der Waals surface area contributed by atoms with Gasteiger partial charge in [0.05, 0.1) is 5.69 Å². The molecule has 0 fully saturated rings. The van der Waals surface area contributed by atoms with Gasteiger partial charge in [0.1, 0.15) is 5.15 Å². The summed E-state index contributed by atoms with van der Waals surface area (Å²) in [5, 5.41) is 9.36. The van der Waals surface area contributed by atoms with E-state index >= 15 is 0 Å². The fraction of sp³-hybridized carbons (Fsp3) is 0. The molecular weight excluding hydrogens is 302 g/mol. The summed E-state index contributed by atoms with van der Waals surface area (Å²) in [6.45, 7) is 0. The molecule has 0 saturated heterocycles. The Morgan fingerprint density at radius 3 is 2.41 bits per heavy atom. The zero-order valence-electron chi connectivity index (χ0n) is 11.3. The first-order chi connectivity index (χ1) is 10.6. The Morgan fingerprint density at radius 1 is 1.00 bits per heavy atom. The zero-order valence-corrected chi connectivity index (χ0v) is 12.0. The zero-order chi connectivity index (χ0) is 15.5. The topological polar surface area (TPSA) is 76.0 Å². The fourth-order valence-electron chi connectivity index (χ4n) is 2.07. The number of aromatic nitrogens is 3. The molecule has 5 nitrogen and oxygen atoms in total. The fourth-order valence-corrected chi connectivity index (χ4v) is 2.22. The Kier molecular flexibility index (Phi) is 3.80. The van der Waals surface area contributed by atoms with E-state index in [4.69, 9.17) is 11.6 Å². The van der Waals surface area contributed by atoms with Crippen molar-refractivity contribution in [3.05, 3.63) is 65.8 Å². The average Bonchev–Trinajstić information content (AvgIpc) is 2.56. The monoisotopic (exact) mass is 311 g/mol. The van der Waals surface area contributed by atoms with E-state index in [1.165, 1.54) is 0 Å². The predicted octanol–water partition coefficient (Wildman–Crippen LogP) is 3.56.